The summed E-state index contributed by atoms with van der Waals surface area (Å²) in [5.74, 6) is -0.0777. The topological polar surface area (TPSA) is 87.6 Å². The molecule has 144 valence electrons. The molecule has 27 heavy (non-hydrogen) atoms. The summed E-state index contributed by atoms with van der Waals surface area (Å²) >= 11 is 1.49. The zero-order valence-electron chi connectivity index (χ0n) is 15.0. The summed E-state index contributed by atoms with van der Waals surface area (Å²) in [6.45, 7) is 0. The zero-order valence-corrected chi connectivity index (χ0v) is 16.6. The van der Waals surface area contributed by atoms with Gasteiger partial charge in [-0.1, -0.05) is 30.3 Å². The number of aromatic nitrogens is 1. The third kappa shape index (κ3) is 4.88. The van der Waals surface area contributed by atoms with Crippen LogP contribution < -0.4 is 0 Å². The molecule has 8 heteroatoms. The molecule has 1 fully saturated rings. The van der Waals surface area contributed by atoms with E-state index in [0.717, 1.165) is 12.2 Å². The number of likely N-dealkylation sites (N-methyl/N-ethyl adjacent to an activating group) is 1. The summed E-state index contributed by atoms with van der Waals surface area (Å²) in [5.41, 5.74) is 1.64. The molecule has 1 amide bonds. The van der Waals surface area contributed by atoms with Crippen LogP contribution >= 0.6 is 11.8 Å². The minimum atomic E-state index is -3.33. The van der Waals surface area contributed by atoms with Crippen molar-refractivity contribution in [1.82, 2.24) is 9.88 Å². The number of rotatable bonds is 6. The minimum absolute atomic E-state index is 0.215. The van der Waals surface area contributed by atoms with Gasteiger partial charge >= 0.3 is 0 Å². The maximum atomic E-state index is 12.9. The summed E-state index contributed by atoms with van der Waals surface area (Å²) in [6, 6.07) is 12.7. The predicted octanol–water partition coefficient (Wildman–Crippen LogP) is 1.65. The van der Waals surface area contributed by atoms with Crippen LogP contribution in [-0.2, 0) is 16.3 Å². The second-order valence-corrected chi connectivity index (χ2v) is 9.81. The van der Waals surface area contributed by atoms with E-state index in [4.69, 9.17) is 0 Å². The van der Waals surface area contributed by atoms with Crippen LogP contribution in [0.25, 0.3) is 0 Å². The van der Waals surface area contributed by atoms with E-state index in [0.29, 0.717) is 10.6 Å². The number of aryl methyl sites for hydroxylation is 1. The first-order valence-electron chi connectivity index (χ1n) is 8.65. The van der Waals surface area contributed by atoms with Crippen LogP contribution in [0.3, 0.4) is 0 Å². The number of hydrogen-bond donors (Lipinski definition) is 1. The van der Waals surface area contributed by atoms with Crippen molar-refractivity contribution in [2.24, 2.45) is 0 Å². The minimum Gasteiger partial charge on any atom is -0.390 e. The average Bonchev–Trinajstić information content (AvgIpc) is 2.94. The van der Waals surface area contributed by atoms with Crippen molar-refractivity contribution in [3.8, 4) is 0 Å². The maximum Gasteiger partial charge on any atom is 0.256 e. The Labute approximate surface area is 163 Å². The molecule has 1 saturated heterocycles. The standard InChI is InChI=1S/C19H22N2O4S2/c1-21(16-12-27(24,25)13-17(16)22)19(23)15-8-5-10-20-18(15)26-11-9-14-6-3-2-4-7-14/h2-8,10,16-17,22H,9,11-13H2,1H3/t16-,17-/m1/s1. The molecule has 1 aromatic carbocycles. The van der Waals surface area contributed by atoms with Crippen molar-refractivity contribution in [2.75, 3.05) is 24.3 Å². The molecule has 0 spiro atoms. The van der Waals surface area contributed by atoms with E-state index in [2.05, 4.69) is 17.1 Å². The number of benzene rings is 1. The first-order valence-corrected chi connectivity index (χ1v) is 11.5. The Kier molecular flexibility index (Phi) is 6.18. The fourth-order valence-corrected chi connectivity index (χ4v) is 5.92. The number of carbonyl (C=O) groups is 1. The molecule has 0 radical (unpaired) electrons. The number of pyridine rings is 1. The number of nitrogens with zero attached hydrogens (tertiary/aromatic N) is 2. The first-order chi connectivity index (χ1) is 12.9. The van der Waals surface area contributed by atoms with E-state index in [1.165, 1.54) is 29.3 Å². The molecule has 3 rings (SSSR count). The van der Waals surface area contributed by atoms with Crippen molar-refractivity contribution < 1.29 is 18.3 Å². The monoisotopic (exact) mass is 406 g/mol. The number of hydrogen-bond acceptors (Lipinski definition) is 6. The highest BCUT2D eigenvalue weighted by molar-refractivity contribution is 7.99. The van der Waals surface area contributed by atoms with E-state index in [1.54, 1.807) is 18.3 Å². The van der Waals surface area contributed by atoms with Gasteiger partial charge in [0.05, 0.1) is 29.2 Å². The van der Waals surface area contributed by atoms with Crippen LogP contribution in [-0.4, -0.2) is 65.8 Å². The smallest absolute Gasteiger partial charge is 0.256 e. The molecule has 2 heterocycles. The second-order valence-electron chi connectivity index (χ2n) is 6.57. The van der Waals surface area contributed by atoms with Gasteiger partial charge in [0.25, 0.3) is 5.91 Å². The van der Waals surface area contributed by atoms with Crippen LogP contribution in [0.4, 0.5) is 0 Å². The van der Waals surface area contributed by atoms with E-state index in [9.17, 15) is 18.3 Å². The van der Waals surface area contributed by atoms with Crippen molar-refractivity contribution in [2.45, 2.75) is 23.6 Å². The van der Waals surface area contributed by atoms with Gasteiger partial charge in [-0.3, -0.25) is 4.79 Å². The molecule has 0 bridgehead atoms. The summed E-state index contributed by atoms with van der Waals surface area (Å²) in [7, 11) is -1.79. The van der Waals surface area contributed by atoms with E-state index < -0.39 is 22.0 Å². The van der Waals surface area contributed by atoms with Crippen LogP contribution in [0.15, 0.2) is 53.7 Å². The quantitative estimate of drug-likeness (QED) is 0.734. The number of sulfone groups is 1. The predicted molar refractivity (Wildman–Crippen MR) is 106 cm³/mol. The van der Waals surface area contributed by atoms with Crippen molar-refractivity contribution in [1.29, 1.82) is 0 Å². The molecule has 6 nitrogen and oxygen atoms in total. The van der Waals surface area contributed by atoms with E-state index in [-0.39, 0.29) is 17.4 Å². The third-order valence-corrected chi connectivity index (χ3v) is 7.29. The third-order valence-electron chi connectivity index (χ3n) is 4.59. The summed E-state index contributed by atoms with van der Waals surface area (Å²) < 4.78 is 23.5. The van der Waals surface area contributed by atoms with Gasteiger partial charge < -0.3 is 10.0 Å². The lowest BCUT2D eigenvalue weighted by atomic mass is 10.1. The second kappa shape index (κ2) is 8.41. The Morgan fingerprint density at radius 1 is 1.22 bits per heavy atom. The van der Waals surface area contributed by atoms with Gasteiger partial charge in [-0.2, -0.15) is 0 Å². The number of amides is 1. The molecule has 2 aromatic rings. The Morgan fingerprint density at radius 3 is 2.63 bits per heavy atom. The van der Waals surface area contributed by atoms with Crippen LogP contribution in [0.2, 0.25) is 0 Å². The van der Waals surface area contributed by atoms with Crippen molar-refractivity contribution in [3.05, 3.63) is 59.8 Å². The SMILES string of the molecule is CN(C(=O)c1cccnc1SCCc1ccccc1)[C@@H]1CS(=O)(=O)C[C@H]1O. The first kappa shape index (κ1) is 19.9. The lowest BCUT2D eigenvalue weighted by Gasteiger charge is -2.26. The van der Waals surface area contributed by atoms with Crippen LogP contribution in [0.5, 0.6) is 0 Å². The average molecular weight is 407 g/mol. The lowest BCUT2D eigenvalue weighted by molar-refractivity contribution is 0.0577. The Morgan fingerprint density at radius 2 is 1.96 bits per heavy atom. The van der Waals surface area contributed by atoms with Gasteiger partial charge in [0.1, 0.15) is 5.03 Å². The fourth-order valence-electron chi connectivity index (χ4n) is 3.10. The van der Waals surface area contributed by atoms with Gasteiger partial charge in [0, 0.05) is 19.0 Å². The van der Waals surface area contributed by atoms with Crippen LogP contribution in [0.1, 0.15) is 15.9 Å². The molecule has 1 aromatic heterocycles. The summed E-state index contributed by atoms with van der Waals surface area (Å²) in [4.78, 5) is 18.6. The van der Waals surface area contributed by atoms with E-state index in [1.807, 2.05) is 18.2 Å². The summed E-state index contributed by atoms with van der Waals surface area (Å²) in [5, 5.41) is 10.6. The molecule has 1 aliphatic rings. The number of aliphatic hydroxyl groups excluding tert-OH is 1. The van der Waals surface area contributed by atoms with Gasteiger partial charge in [-0.25, -0.2) is 13.4 Å². The molecule has 1 N–H and O–H groups in total. The normalized spacial score (nSPS) is 21.1. The Balaban J connectivity index is 1.70. The molecule has 0 unspecified atom stereocenters. The molecule has 1 aliphatic heterocycles. The van der Waals surface area contributed by atoms with E-state index >= 15 is 0 Å². The van der Waals surface area contributed by atoms with Gasteiger partial charge in [-0.05, 0) is 24.1 Å². The molecular weight excluding hydrogens is 384 g/mol. The number of thioether (sulfide) groups is 1. The van der Waals surface area contributed by atoms with Crippen molar-refractivity contribution >= 4 is 27.5 Å². The Hall–Kier alpha value is -1.90. The molecule has 0 aliphatic carbocycles. The number of carbonyl (C=O) groups excluding carboxylic acids is 1. The lowest BCUT2D eigenvalue weighted by Crippen LogP contribution is -2.44. The number of aliphatic hydroxyl groups is 1. The largest absolute Gasteiger partial charge is 0.390 e. The highest BCUT2D eigenvalue weighted by Gasteiger charge is 2.40. The van der Waals surface area contributed by atoms with Crippen LogP contribution in [0, 0.1) is 0 Å². The maximum absolute atomic E-state index is 12.9. The molecule has 2 atom stereocenters. The summed E-state index contributed by atoms with van der Waals surface area (Å²) in [6.07, 6.45) is 1.43. The van der Waals surface area contributed by atoms with Gasteiger partial charge in [0.2, 0.25) is 0 Å². The van der Waals surface area contributed by atoms with Crippen molar-refractivity contribution in [3.63, 3.8) is 0 Å². The van der Waals surface area contributed by atoms with Gasteiger partial charge in [-0.15, -0.1) is 11.8 Å². The highest BCUT2D eigenvalue weighted by Crippen LogP contribution is 2.25. The fraction of sp³-hybridized carbons (Fsp3) is 0.368. The zero-order chi connectivity index (χ0) is 19.4. The highest BCUT2D eigenvalue weighted by atomic mass is 32.2. The Bertz CT molecular complexity index is 903. The molecular formula is C19H22N2O4S2. The molecule has 0 saturated carbocycles. The van der Waals surface area contributed by atoms with Gasteiger partial charge in [0.15, 0.2) is 9.84 Å².